The maximum absolute atomic E-state index is 6.44. The third-order valence-electron chi connectivity index (χ3n) is 8.92. The number of imidazole rings is 1. The molecule has 0 atom stereocenters. The van der Waals surface area contributed by atoms with Crippen molar-refractivity contribution < 1.29 is 4.74 Å². The molecule has 8 aromatic rings. The summed E-state index contributed by atoms with van der Waals surface area (Å²) in [5, 5.41) is 4.94. The van der Waals surface area contributed by atoms with Crippen LogP contribution in [0.4, 0.5) is 0 Å². The van der Waals surface area contributed by atoms with E-state index in [0.717, 1.165) is 46.0 Å². The highest BCUT2D eigenvalue weighted by Gasteiger charge is 2.25. The van der Waals surface area contributed by atoms with Gasteiger partial charge in [0.1, 0.15) is 11.3 Å². The van der Waals surface area contributed by atoms with Gasteiger partial charge in [-0.2, -0.15) is 0 Å². The first-order valence-corrected chi connectivity index (χ1v) is 15.2. The van der Waals surface area contributed by atoms with E-state index >= 15 is 0 Å². The van der Waals surface area contributed by atoms with Crippen LogP contribution in [-0.2, 0) is 6.42 Å². The molecule has 7 aromatic carbocycles. The first-order valence-electron chi connectivity index (χ1n) is 15.2. The van der Waals surface area contributed by atoms with Gasteiger partial charge >= 0.3 is 0 Å². The lowest BCUT2D eigenvalue weighted by atomic mass is 9.85. The van der Waals surface area contributed by atoms with Gasteiger partial charge in [-0.3, -0.25) is 4.57 Å². The summed E-state index contributed by atoms with van der Waals surface area (Å²) in [6.45, 7) is 2.16. The minimum atomic E-state index is 0.834. The monoisotopic (exact) mass is 564 g/mol. The number of rotatable bonds is 4. The molecule has 0 unspecified atom stereocenters. The molecule has 0 N–H and O–H groups in total. The second kappa shape index (κ2) is 9.68. The minimum Gasteiger partial charge on any atom is -0.453 e. The minimum absolute atomic E-state index is 0.834. The Bertz CT molecular complexity index is 2340. The van der Waals surface area contributed by atoms with Crippen molar-refractivity contribution in [2.24, 2.45) is 0 Å². The molecule has 0 radical (unpaired) electrons. The fourth-order valence-electron chi connectivity index (χ4n) is 7.01. The quantitative estimate of drug-likeness (QED) is 0.199. The smallest absolute Gasteiger partial charge is 0.153 e. The third kappa shape index (κ3) is 3.66. The molecular formula is C41H28N2O. The summed E-state index contributed by atoms with van der Waals surface area (Å²) in [5.74, 6) is 2.75. The summed E-state index contributed by atoms with van der Waals surface area (Å²) >= 11 is 0. The van der Waals surface area contributed by atoms with Gasteiger partial charge in [0.05, 0.1) is 11.2 Å². The van der Waals surface area contributed by atoms with Gasteiger partial charge in [-0.15, -0.1) is 0 Å². The average Bonchev–Trinajstić information content (AvgIpc) is 3.48. The van der Waals surface area contributed by atoms with Crippen LogP contribution in [-0.4, -0.2) is 9.55 Å². The van der Waals surface area contributed by atoms with E-state index < -0.39 is 0 Å². The number of para-hydroxylation sites is 1. The average molecular weight is 565 g/mol. The van der Waals surface area contributed by atoms with Crippen LogP contribution in [0.5, 0.6) is 11.5 Å². The number of aryl methyl sites for hydroxylation is 1. The van der Waals surface area contributed by atoms with E-state index in [1.807, 2.05) is 12.1 Å². The maximum Gasteiger partial charge on any atom is 0.153 e. The van der Waals surface area contributed by atoms with Crippen LogP contribution in [0.1, 0.15) is 12.7 Å². The highest BCUT2D eigenvalue weighted by Crippen LogP contribution is 2.47. The largest absolute Gasteiger partial charge is 0.453 e. The lowest BCUT2D eigenvalue weighted by Crippen LogP contribution is -2.07. The van der Waals surface area contributed by atoms with Gasteiger partial charge in [-0.25, -0.2) is 4.98 Å². The zero-order valence-electron chi connectivity index (χ0n) is 24.3. The topological polar surface area (TPSA) is 27.1 Å². The van der Waals surface area contributed by atoms with Crippen LogP contribution >= 0.6 is 0 Å². The molecule has 9 rings (SSSR count). The summed E-state index contributed by atoms with van der Waals surface area (Å²) in [7, 11) is 0. The summed E-state index contributed by atoms with van der Waals surface area (Å²) in [6, 6.07) is 49.9. The molecule has 1 aliphatic heterocycles. The van der Waals surface area contributed by atoms with Crippen LogP contribution in [0.25, 0.3) is 71.6 Å². The van der Waals surface area contributed by atoms with Gasteiger partial charge in [0.2, 0.25) is 0 Å². The molecule has 1 aromatic heterocycles. The molecule has 0 bridgehead atoms. The van der Waals surface area contributed by atoms with Crippen LogP contribution < -0.4 is 4.74 Å². The Morgan fingerprint density at radius 1 is 0.523 bits per heavy atom. The van der Waals surface area contributed by atoms with Crippen molar-refractivity contribution in [1.82, 2.24) is 9.55 Å². The second-order valence-electron chi connectivity index (χ2n) is 11.4. The zero-order chi connectivity index (χ0) is 29.2. The number of benzene rings is 7. The Morgan fingerprint density at radius 3 is 1.80 bits per heavy atom. The highest BCUT2D eigenvalue weighted by molar-refractivity contribution is 6.21. The molecule has 1 aliphatic rings. The molecule has 0 fully saturated rings. The third-order valence-corrected chi connectivity index (χ3v) is 8.92. The van der Waals surface area contributed by atoms with Gasteiger partial charge in [-0.1, -0.05) is 116 Å². The van der Waals surface area contributed by atoms with Crippen molar-refractivity contribution in [3.63, 3.8) is 0 Å². The summed E-state index contributed by atoms with van der Waals surface area (Å²) in [5.41, 5.74) is 10.3. The Labute approximate surface area is 255 Å². The van der Waals surface area contributed by atoms with Gasteiger partial charge in [0.25, 0.3) is 0 Å². The standard InChI is InChI=1S/C41H28N2O/c1-2-38-42-34-20-11-21-37-41(34)43(38)35-25-29(22-23-36(35)44-37)40-32-18-8-6-16-30(32)39(31-17-7-9-19-33(31)40)28-15-10-14-27(24-28)26-12-4-3-5-13-26/h3-25H,2H2,1H3. The van der Waals surface area contributed by atoms with Crippen LogP contribution in [0.3, 0.4) is 0 Å². The second-order valence-corrected chi connectivity index (χ2v) is 11.4. The van der Waals surface area contributed by atoms with Crippen LogP contribution in [0.2, 0.25) is 0 Å². The van der Waals surface area contributed by atoms with E-state index in [2.05, 4.69) is 139 Å². The molecule has 0 amide bonds. The molecule has 0 aliphatic carbocycles. The molecule has 44 heavy (non-hydrogen) atoms. The van der Waals surface area contributed by atoms with Crippen molar-refractivity contribution in [3.05, 3.63) is 145 Å². The molecule has 3 heteroatoms. The predicted octanol–water partition coefficient (Wildman–Crippen LogP) is 11.0. The normalized spacial score (nSPS) is 12.0. The number of ether oxygens (including phenoxy) is 1. The predicted molar refractivity (Wildman–Crippen MR) is 182 cm³/mol. The number of hydrogen-bond acceptors (Lipinski definition) is 2. The zero-order valence-corrected chi connectivity index (χ0v) is 24.3. The molecule has 0 saturated carbocycles. The number of nitrogens with zero attached hydrogens (tertiary/aromatic N) is 2. The fraction of sp³-hybridized carbons (Fsp3) is 0.0488. The SMILES string of the molecule is CCc1nc2cccc3c2n1-c1cc(-c2c4ccccc4c(-c4cccc(-c5ccccc5)c4)c4ccccc24)ccc1O3. The Hall–Kier alpha value is -5.67. The van der Waals surface area contributed by atoms with E-state index in [1.165, 1.54) is 49.4 Å². The van der Waals surface area contributed by atoms with Gasteiger partial charge in [0, 0.05) is 6.42 Å². The molecule has 208 valence electrons. The summed E-state index contributed by atoms with van der Waals surface area (Å²) in [6.07, 6.45) is 0.834. The van der Waals surface area contributed by atoms with Crippen molar-refractivity contribution in [1.29, 1.82) is 0 Å². The fourth-order valence-corrected chi connectivity index (χ4v) is 7.01. The summed E-state index contributed by atoms with van der Waals surface area (Å²) < 4.78 is 8.73. The highest BCUT2D eigenvalue weighted by atomic mass is 16.5. The van der Waals surface area contributed by atoms with Gasteiger partial charge < -0.3 is 4.74 Å². The Kier molecular flexibility index (Phi) is 5.48. The number of fused-ring (bicyclic) bond motifs is 4. The van der Waals surface area contributed by atoms with E-state index in [1.54, 1.807) is 0 Å². The molecule has 3 nitrogen and oxygen atoms in total. The van der Waals surface area contributed by atoms with E-state index in [9.17, 15) is 0 Å². The van der Waals surface area contributed by atoms with Gasteiger partial charge in [0.15, 0.2) is 11.5 Å². The maximum atomic E-state index is 6.44. The van der Waals surface area contributed by atoms with Crippen molar-refractivity contribution >= 4 is 32.6 Å². The molecule has 0 spiro atoms. The molecule has 2 heterocycles. The lowest BCUT2D eigenvalue weighted by molar-refractivity contribution is 0.474. The van der Waals surface area contributed by atoms with Crippen LogP contribution in [0.15, 0.2) is 140 Å². The Balaban J connectivity index is 1.32. The van der Waals surface area contributed by atoms with E-state index in [-0.39, 0.29) is 0 Å². The molecular weight excluding hydrogens is 536 g/mol. The Morgan fingerprint density at radius 2 is 1.11 bits per heavy atom. The first kappa shape index (κ1) is 24.9. The number of aromatic nitrogens is 2. The first-order chi connectivity index (χ1) is 21.8. The summed E-state index contributed by atoms with van der Waals surface area (Å²) in [4.78, 5) is 4.96. The van der Waals surface area contributed by atoms with Crippen LogP contribution in [0, 0.1) is 0 Å². The van der Waals surface area contributed by atoms with Crippen molar-refractivity contribution in [3.8, 4) is 50.6 Å². The number of hydrogen-bond donors (Lipinski definition) is 0. The van der Waals surface area contributed by atoms with Gasteiger partial charge in [-0.05, 0) is 85.3 Å². The van der Waals surface area contributed by atoms with E-state index in [4.69, 9.17) is 9.72 Å². The lowest BCUT2D eigenvalue weighted by Gasteiger charge is -2.23. The van der Waals surface area contributed by atoms with Crippen molar-refractivity contribution in [2.45, 2.75) is 13.3 Å². The van der Waals surface area contributed by atoms with Crippen molar-refractivity contribution in [2.75, 3.05) is 0 Å². The molecule has 0 saturated heterocycles. The van der Waals surface area contributed by atoms with E-state index in [0.29, 0.717) is 0 Å².